The highest BCUT2D eigenvalue weighted by atomic mass is 32.2. The molecular weight excluding hydrogens is 360 g/mol. The van der Waals surface area contributed by atoms with Crippen molar-refractivity contribution in [3.8, 4) is 0 Å². The van der Waals surface area contributed by atoms with Gasteiger partial charge in [-0.25, -0.2) is 13.2 Å². The summed E-state index contributed by atoms with van der Waals surface area (Å²) in [6.45, 7) is -0.466. The first-order chi connectivity index (χ1) is 12.2. The molecule has 1 fully saturated rings. The lowest BCUT2D eigenvalue weighted by atomic mass is 10.1. The van der Waals surface area contributed by atoms with Crippen molar-refractivity contribution < 1.29 is 27.5 Å². The van der Waals surface area contributed by atoms with Gasteiger partial charge in [0.25, 0.3) is 11.8 Å². The summed E-state index contributed by atoms with van der Waals surface area (Å²) in [6, 6.07) is 7.19. The van der Waals surface area contributed by atoms with E-state index in [0.29, 0.717) is 5.56 Å². The average molecular weight is 382 g/mol. The van der Waals surface area contributed by atoms with Gasteiger partial charge in [-0.3, -0.25) is 9.59 Å². The molecule has 1 atom stereocenters. The van der Waals surface area contributed by atoms with Gasteiger partial charge in [-0.1, -0.05) is 18.2 Å². The second-order valence-corrected chi connectivity index (χ2v) is 8.52. The molecule has 1 unspecified atom stereocenters. The van der Waals surface area contributed by atoms with E-state index in [0.717, 1.165) is 19.1 Å². The Kier molecular flexibility index (Phi) is 6.73. The molecule has 0 bridgehead atoms. The van der Waals surface area contributed by atoms with Crippen LogP contribution in [0.5, 0.6) is 0 Å². The third kappa shape index (κ3) is 7.22. The lowest BCUT2D eigenvalue weighted by molar-refractivity contribution is -0.150. The van der Waals surface area contributed by atoms with Gasteiger partial charge in [0.1, 0.15) is 15.9 Å². The Morgan fingerprint density at radius 1 is 1.19 bits per heavy atom. The van der Waals surface area contributed by atoms with E-state index < -0.39 is 40.3 Å². The molecule has 2 amide bonds. The molecule has 26 heavy (non-hydrogen) atoms. The fourth-order valence-corrected chi connectivity index (χ4v) is 2.81. The lowest BCUT2D eigenvalue weighted by Crippen LogP contribution is -2.44. The highest BCUT2D eigenvalue weighted by molar-refractivity contribution is 7.90. The third-order valence-electron chi connectivity index (χ3n) is 3.69. The number of hydrogen-bond donors (Lipinski definition) is 2. The van der Waals surface area contributed by atoms with Crippen molar-refractivity contribution in [1.29, 1.82) is 0 Å². The topological polar surface area (TPSA) is 119 Å². The quantitative estimate of drug-likeness (QED) is 0.582. The third-order valence-corrected chi connectivity index (χ3v) is 4.67. The van der Waals surface area contributed by atoms with Crippen LogP contribution in [0.2, 0.25) is 0 Å². The van der Waals surface area contributed by atoms with Crippen LogP contribution in [0.1, 0.15) is 29.6 Å². The summed E-state index contributed by atoms with van der Waals surface area (Å²) in [7, 11) is -3.33. The Bertz CT molecular complexity index is 759. The molecule has 1 aliphatic rings. The Morgan fingerprint density at radius 3 is 2.42 bits per heavy atom. The van der Waals surface area contributed by atoms with Gasteiger partial charge in [0.05, 0.1) is 5.75 Å². The summed E-state index contributed by atoms with van der Waals surface area (Å²) in [6.07, 6.45) is 2.71. The lowest BCUT2D eigenvalue weighted by Gasteiger charge is -2.17. The fourth-order valence-electron chi connectivity index (χ4n) is 2.15. The Morgan fingerprint density at radius 2 is 1.85 bits per heavy atom. The number of sulfone groups is 1. The molecule has 9 heteroatoms. The van der Waals surface area contributed by atoms with Crippen molar-refractivity contribution in [3.05, 3.63) is 35.9 Å². The normalized spacial score (nSPS) is 15.0. The van der Waals surface area contributed by atoms with Crippen LogP contribution in [0.3, 0.4) is 0 Å². The van der Waals surface area contributed by atoms with Gasteiger partial charge in [0.2, 0.25) is 0 Å². The molecule has 1 aromatic rings. The van der Waals surface area contributed by atoms with Crippen molar-refractivity contribution >= 4 is 27.6 Å². The second-order valence-electron chi connectivity index (χ2n) is 6.26. The molecule has 0 heterocycles. The van der Waals surface area contributed by atoms with Gasteiger partial charge >= 0.3 is 5.97 Å². The summed E-state index contributed by atoms with van der Waals surface area (Å²) in [5, 5.41) is 5.14. The number of amides is 2. The molecule has 0 aliphatic heterocycles. The molecule has 2 rings (SSSR count). The molecule has 0 spiro atoms. The number of benzene rings is 1. The van der Waals surface area contributed by atoms with Gasteiger partial charge in [0.15, 0.2) is 6.61 Å². The zero-order valence-corrected chi connectivity index (χ0v) is 15.3. The SMILES string of the molecule is CS(=O)(=O)CCC(NC(=O)c1ccccc1)C(=O)OCC(=O)NC1CC1. The maximum absolute atomic E-state index is 12.2. The maximum atomic E-state index is 12.2. The van der Waals surface area contributed by atoms with Crippen molar-refractivity contribution in [3.63, 3.8) is 0 Å². The van der Waals surface area contributed by atoms with E-state index in [1.54, 1.807) is 30.3 Å². The van der Waals surface area contributed by atoms with Gasteiger partial charge < -0.3 is 15.4 Å². The number of hydrogen-bond acceptors (Lipinski definition) is 6. The van der Waals surface area contributed by atoms with Crippen LogP contribution in [0.25, 0.3) is 0 Å². The van der Waals surface area contributed by atoms with E-state index in [1.165, 1.54) is 0 Å². The van der Waals surface area contributed by atoms with Crippen LogP contribution in [0, 0.1) is 0 Å². The highest BCUT2D eigenvalue weighted by Crippen LogP contribution is 2.18. The van der Waals surface area contributed by atoms with Crippen LogP contribution in [0.4, 0.5) is 0 Å². The van der Waals surface area contributed by atoms with Crippen molar-refractivity contribution in [1.82, 2.24) is 10.6 Å². The van der Waals surface area contributed by atoms with E-state index >= 15 is 0 Å². The van der Waals surface area contributed by atoms with Crippen molar-refractivity contribution in [2.45, 2.75) is 31.3 Å². The molecule has 1 aromatic carbocycles. The molecule has 1 saturated carbocycles. The molecule has 2 N–H and O–H groups in total. The summed E-state index contributed by atoms with van der Waals surface area (Å²) < 4.78 is 27.7. The molecule has 8 nitrogen and oxygen atoms in total. The Balaban J connectivity index is 1.95. The number of nitrogens with one attached hydrogen (secondary N) is 2. The van der Waals surface area contributed by atoms with Crippen LogP contribution in [0.15, 0.2) is 30.3 Å². The van der Waals surface area contributed by atoms with E-state index in [2.05, 4.69) is 10.6 Å². The van der Waals surface area contributed by atoms with Gasteiger partial charge in [-0.05, 0) is 31.4 Å². The number of ether oxygens (including phenoxy) is 1. The number of esters is 1. The van der Waals surface area contributed by atoms with E-state index in [9.17, 15) is 22.8 Å². The van der Waals surface area contributed by atoms with Crippen LogP contribution >= 0.6 is 0 Å². The highest BCUT2D eigenvalue weighted by Gasteiger charge is 2.27. The summed E-state index contributed by atoms with van der Waals surface area (Å²) in [5.41, 5.74) is 0.330. The number of carbonyl (C=O) groups is 3. The zero-order valence-electron chi connectivity index (χ0n) is 14.4. The minimum Gasteiger partial charge on any atom is -0.454 e. The first-order valence-electron chi connectivity index (χ1n) is 8.24. The Labute approximate surface area is 152 Å². The standard InChI is InChI=1S/C17H22N2O6S/c1-26(23,24)10-9-14(19-16(21)12-5-3-2-4-6-12)17(22)25-11-15(20)18-13-7-8-13/h2-6,13-14H,7-11H2,1H3,(H,18,20)(H,19,21). The molecule has 0 saturated heterocycles. The van der Waals surface area contributed by atoms with Gasteiger partial charge in [-0.15, -0.1) is 0 Å². The van der Waals surface area contributed by atoms with Gasteiger partial charge in [-0.2, -0.15) is 0 Å². The largest absolute Gasteiger partial charge is 0.454 e. The molecule has 1 aliphatic carbocycles. The summed E-state index contributed by atoms with van der Waals surface area (Å²) in [5.74, 6) is -2.08. The maximum Gasteiger partial charge on any atom is 0.329 e. The minimum absolute atomic E-state index is 0.138. The van der Waals surface area contributed by atoms with Crippen molar-refractivity contribution in [2.24, 2.45) is 0 Å². The van der Waals surface area contributed by atoms with Gasteiger partial charge in [0, 0.05) is 17.9 Å². The first-order valence-corrected chi connectivity index (χ1v) is 10.3. The van der Waals surface area contributed by atoms with Crippen LogP contribution in [-0.4, -0.2) is 56.9 Å². The molecule has 0 aromatic heterocycles. The minimum atomic E-state index is -3.33. The predicted molar refractivity (Wildman–Crippen MR) is 94.1 cm³/mol. The average Bonchev–Trinajstić information content (AvgIpc) is 3.40. The summed E-state index contributed by atoms with van der Waals surface area (Å²) in [4.78, 5) is 36.1. The second kappa shape index (κ2) is 8.79. The van der Waals surface area contributed by atoms with Crippen LogP contribution < -0.4 is 10.6 Å². The number of rotatable bonds is 9. The molecular formula is C17H22N2O6S. The smallest absolute Gasteiger partial charge is 0.329 e. The Hall–Kier alpha value is -2.42. The summed E-state index contributed by atoms with van der Waals surface area (Å²) >= 11 is 0. The van der Waals surface area contributed by atoms with E-state index in [-0.39, 0.29) is 18.2 Å². The van der Waals surface area contributed by atoms with Crippen LogP contribution in [-0.2, 0) is 24.2 Å². The molecule has 0 radical (unpaired) electrons. The van der Waals surface area contributed by atoms with E-state index in [1.807, 2.05) is 0 Å². The predicted octanol–water partition coefficient (Wildman–Crippen LogP) is 0.0415. The molecule has 142 valence electrons. The monoisotopic (exact) mass is 382 g/mol. The fraction of sp³-hybridized carbons (Fsp3) is 0.471. The van der Waals surface area contributed by atoms with Crippen molar-refractivity contribution in [2.75, 3.05) is 18.6 Å². The zero-order chi connectivity index (χ0) is 19.2. The first kappa shape index (κ1) is 19.9. The van der Waals surface area contributed by atoms with E-state index in [4.69, 9.17) is 4.74 Å². The number of carbonyl (C=O) groups excluding carboxylic acids is 3.